The molecular weight excluding hydrogens is 380 g/mol. The maximum absolute atomic E-state index is 11.6. The van der Waals surface area contributed by atoms with Gasteiger partial charge in [-0.15, -0.1) is 0 Å². The second-order valence-electron chi connectivity index (χ2n) is 8.89. The predicted octanol–water partition coefficient (Wildman–Crippen LogP) is 7.90. The van der Waals surface area contributed by atoms with Gasteiger partial charge in [0.05, 0.1) is 5.56 Å². The maximum Gasteiger partial charge on any atom is 0.335 e. The standard InChI is InChI=1S/C29H34O2/c1-5-20(3)17-22-7-11-24(12-8-22)27-16-15-26(29(30)31)19-28(27)25-13-9-23(10-14-25)18-21(4)6-2/h7-16,19-21H,5-6,17-18H2,1-4H3,(H,30,31). The van der Waals surface area contributed by atoms with E-state index in [0.717, 1.165) is 35.1 Å². The summed E-state index contributed by atoms with van der Waals surface area (Å²) in [5.74, 6) is 0.431. The Hall–Kier alpha value is -2.87. The highest BCUT2D eigenvalue weighted by atomic mass is 16.4. The Morgan fingerprint density at radius 3 is 1.58 bits per heavy atom. The Morgan fingerprint density at radius 2 is 1.16 bits per heavy atom. The van der Waals surface area contributed by atoms with Crippen LogP contribution in [0.2, 0.25) is 0 Å². The SMILES string of the molecule is CCC(C)Cc1ccc(-c2ccc(C(=O)O)cc2-c2ccc(CC(C)CC)cc2)cc1. The second-order valence-corrected chi connectivity index (χ2v) is 8.89. The van der Waals surface area contributed by atoms with Gasteiger partial charge in [-0.05, 0) is 70.2 Å². The fourth-order valence-corrected chi connectivity index (χ4v) is 3.90. The van der Waals surface area contributed by atoms with E-state index in [-0.39, 0.29) is 0 Å². The lowest BCUT2D eigenvalue weighted by atomic mass is 9.90. The van der Waals surface area contributed by atoms with Gasteiger partial charge in [0.15, 0.2) is 0 Å². The molecule has 0 aromatic heterocycles. The largest absolute Gasteiger partial charge is 0.478 e. The molecule has 162 valence electrons. The molecule has 0 saturated heterocycles. The molecule has 0 saturated carbocycles. The molecule has 3 rings (SSSR count). The van der Waals surface area contributed by atoms with Crippen LogP contribution in [0.25, 0.3) is 22.3 Å². The smallest absolute Gasteiger partial charge is 0.335 e. The Bertz CT molecular complexity index is 1000. The lowest BCUT2D eigenvalue weighted by Gasteiger charge is -2.14. The molecular formula is C29H34O2. The molecule has 2 unspecified atom stereocenters. The molecule has 0 aliphatic carbocycles. The van der Waals surface area contributed by atoms with Crippen molar-refractivity contribution in [2.45, 2.75) is 53.4 Å². The number of carbonyl (C=O) groups is 1. The van der Waals surface area contributed by atoms with Gasteiger partial charge in [-0.2, -0.15) is 0 Å². The van der Waals surface area contributed by atoms with Gasteiger partial charge in [-0.3, -0.25) is 0 Å². The number of rotatable bonds is 9. The first kappa shape index (κ1) is 22.8. The zero-order valence-corrected chi connectivity index (χ0v) is 19.2. The van der Waals surface area contributed by atoms with E-state index in [1.165, 1.54) is 24.0 Å². The highest BCUT2D eigenvalue weighted by molar-refractivity contribution is 5.93. The summed E-state index contributed by atoms with van der Waals surface area (Å²) in [6.45, 7) is 9.00. The summed E-state index contributed by atoms with van der Waals surface area (Å²) in [4.78, 5) is 11.6. The summed E-state index contributed by atoms with van der Waals surface area (Å²) in [5.41, 5.74) is 7.17. The third kappa shape index (κ3) is 5.85. The van der Waals surface area contributed by atoms with E-state index in [4.69, 9.17) is 0 Å². The monoisotopic (exact) mass is 414 g/mol. The predicted molar refractivity (Wildman–Crippen MR) is 131 cm³/mol. The first-order chi connectivity index (χ1) is 14.9. The van der Waals surface area contributed by atoms with Crippen LogP contribution in [-0.2, 0) is 12.8 Å². The van der Waals surface area contributed by atoms with E-state index >= 15 is 0 Å². The van der Waals surface area contributed by atoms with E-state index in [1.807, 2.05) is 6.07 Å². The molecule has 3 aromatic carbocycles. The van der Waals surface area contributed by atoms with E-state index in [9.17, 15) is 9.90 Å². The summed E-state index contributed by atoms with van der Waals surface area (Å²) < 4.78 is 0. The summed E-state index contributed by atoms with van der Waals surface area (Å²) in [7, 11) is 0. The van der Waals surface area contributed by atoms with E-state index < -0.39 is 5.97 Å². The van der Waals surface area contributed by atoms with Gasteiger partial charge in [0.2, 0.25) is 0 Å². The number of benzene rings is 3. The van der Waals surface area contributed by atoms with Crippen LogP contribution in [0.5, 0.6) is 0 Å². The Balaban J connectivity index is 1.97. The molecule has 1 N–H and O–H groups in total. The van der Waals surface area contributed by atoms with Crippen molar-refractivity contribution in [3.8, 4) is 22.3 Å². The number of hydrogen-bond donors (Lipinski definition) is 1. The number of aromatic carboxylic acids is 1. The summed E-state index contributed by atoms with van der Waals surface area (Å²) in [6, 6.07) is 22.8. The zero-order chi connectivity index (χ0) is 22.4. The number of hydrogen-bond acceptors (Lipinski definition) is 1. The molecule has 0 radical (unpaired) electrons. The van der Waals surface area contributed by atoms with Crippen molar-refractivity contribution in [3.05, 3.63) is 83.4 Å². The molecule has 0 heterocycles. The van der Waals surface area contributed by atoms with Crippen LogP contribution in [0, 0.1) is 11.8 Å². The minimum absolute atomic E-state index is 0.316. The highest BCUT2D eigenvalue weighted by Crippen LogP contribution is 2.34. The molecule has 0 spiro atoms. The van der Waals surface area contributed by atoms with Crippen molar-refractivity contribution in [2.24, 2.45) is 11.8 Å². The molecule has 0 aliphatic rings. The van der Waals surface area contributed by atoms with Gasteiger partial charge in [-0.25, -0.2) is 4.79 Å². The van der Waals surface area contributed by atoms with Crippen LogP contribution in [0.3, 0.4) is 0 Å². The van der Waals surface area contributed by atoms with Crippen LogP contribution in [0.4, 0.5) is 0 Å². The van der Waals surface area contributed by atoms with Gasteiger partial charge in [0.25, 0.3) is 0 Å². The average Bonchev–Trinajstić information content (AvgIpc) is 2.79. The minimum Gasteiger partial charge on any atom is -0.478 e. The lowest BCUT2D eigenvalue weighted by molar-refractivity contribution is 0.0697. The fraction of sp³-hybridized carbons (Fsp3) is 0.345. The van der Waals surface area contributed by atoms with Crippen LogP contribution < -0.4 is 0 Å². The number of carboxylic acids is 1. The van der Waals surface area contributed by atoms with Gasteiger partial charge in [0, 0.05) is 0 Å². The normalized spacial score (nSPS) is 13.0. The average molecular weight is 415 g/mol. The number of carboxylic acid groups (broad SMARTS) is 1. The first-order valence-electron chi connectivity index (χ1n) is 11.5. The third-order valence-corrected chi connectivity index (χ3v) is 6.36. The topological polar surface area (TPSA) is 37.3 Å². The molecule has 0 bridgehead atoms. The van der Waals surface area contributed by atoms with E-state index in [1.54, 1.807) is 12.1 Å². The Labute approximate surface area is 187 Å². The quantitative estimate of drug-likeness (QED) is 0.386. The molecule has 3 aromatic rings. The van der Waals surface area contributed by atoms with Gasteiger partial charge in [-0.1, -0.05) is 95.1 Å². The van der Waals surface area contributed by atoms with Crippen molar-refractivity contribution in [3.63, 3.8) is 0 Å². The summed E-state index contributed by atoms with van der Waals surface area (Å²) >= 11 is 0. The van der Waals surface area contributed by atoms with Crippen LogP contribution in [-0.4, -0.2) is 11.1 Å². The second kappa shape index (κ2) is 10.4. The lowest BCUT2D eigenvalue weighted by Crippen LogP contribution is -1.99. The van der Waals surface area contributed by atoms with Gasteiger partial charge >= 0.3 is 5.97 Å². The Morgan fingerprint density at radius 1 is 0.710 bits per heavy atom. The molecule has 0 amide bonds. The molecule has 2 atom stereocenters. The van der Waals surface area contributed by atoms with Crippen molar-refractivity contribution in [1.29, 1.82) is 0 Å². The van der Waals surface area contributed by atoms with Crippen molar-refractivity contribution >= 4 is 5.97 Å². The minimum atomic E-state index is -0.898. The van der Waals surface area contributed by atoms with E-state index in [0.29, 0.717) is 17.4 Å². The third-order valence-electron chi connectivity index (χ3n) is 6.36. The fourth-order valence-electron chi connectivity index (χ4n) is 3.90. The van der Waals surface area contributed by atoms with Crippen molar-refractivity contribution < 1.29 is 9.90 Å². The molecule has 0 fully saturated rings. The van der Waals surface area contributed by atoms with E-state index in [2.05, 4.69) is 76.2 Å². The van der Waals surface area contributed by atoms with Crippen molar-refractivity contribution in [1.82, 2.24) is 0 Å². The zero-order valence-electron chi connectivity index (χ0n) is 19.2. The molecule has 31 heavy (non-hydrogen) atoms. The molecule has 2 heteroatoms. The van der Waals surface area contributed by atoms with Crippen molar-refractivity contribution in [2.75, 3.05) is 0 Å². The summed E-state index contributed by atoms with van der Waals surface area (Å²) in [6.07, 6.45) is 4.49. The summed E-state index contributed by atoms with van der Waals surface area (Å²) in [5, 5.41) is 9.53. The van der Waals surface area contributed by atoms with Crippen LogP contribution in [0.15, 0.2) is 66.7 Å². The molecule has 0 aliphatic heterocycles. The van der Waals surface area contributed by atoms with Gasteiger partial charge in [0.1, 0.15) is 0 Å². The maximum atomic E-state index is 11.6. The molecule has 2 nitrogen and oxygen atoms in total. The van der Waals surface area contributed by atoms with Gasteiger partial charge < -0.3 is 5.11 Å². The first-order valence-corrected chi connectivity index (χ1v) is 11.5. The van der Waals surface area contributed by atoms with Crippen LogP contribution >= 0.6 is 0 Å². The Kier molecular flexibility index (Phi) is 7.68. The highest BCUT2D eigenvalue weighted by Gasteiger charge is 2.13. The van der Waals surface area contributed by atoms with Crippen LogP contribution in [0.1, 0.15) is 62.0 Å².